The second-order valence-electron chi connectivity index (χ2n) is 3.14. The summed E-state index contributed by atoms with van der Waals surface area (Å²) in [4.78, 5) is 13.8. The summed E-state index contributed by atoms with van der Waals surface area (Å²) in [5.74, 6) is 0.138. The molecular formula is C9H16N4O. The number of carbonyl (C=O) groups is 1. The van der Waals surface area contributed by atoms with E-state index in [4.69, 9.17) is 11.3 Å². The monoisotopic (exact) mass is 196 g/mol. The molecule has 14 heavy (non-hydrogen) atoms. The fraction of sp³-hybridized carbons (Fsp3) is 0.556. The van der Waals surface area contributed by atoms with E-state index in [0.717, 1.165) is 19.1 Å². The van der Waals surface area contributed by atoms with Gasteiger partial charge in [-0.1, -0.05) is 13.5 Å². The Hall–Kier alpha value is -1.61. The van der Waals surface area contributed by atoms with E-state index in [2.05, 4.69) is 16.7 Å². The molecule has 3 N–H and O–H groups in total. The van der Waals surface area contributed by atoms with Crippen LogP contribution in [-0.2, 0) is 4.79 Å². The van der Waals surface area contributed by atoms with Gasteiger partial charge in [0.1, 0.15) is 0 Å². The smallest absolute Gasteiger partial charge is 0.323 e. The van der Waals surface area contributed by atoms with Crippen molar-refractivity contribution in [3.63, 3.8) is 0 Å². The summed E-state index contributed by atoms with van der Waals surface area (Å²) in [5.41, 5.74) is 13.4. The molecule has 0 saturated heterocycles. The van der Waals surface area contributed by atoms with E-state index in [1.807, 2.05) is 0 Å². The molecule has 1 atom stereocenters. The minimum Gasteiger partial charge on any atom is -0.386 e. The molecule has 0 aliphatic heterocycles. The van der Waals surface area contributed by atoms with Crippen LogP contribution in [0.2, 0.25) is 0 Å². The lowest BCUT2D eigenvalue weighted by atomic mass is 10.0. The second-order valence-corrected chi connectivity index (χ2v) is 3.14. The average Bonchev–Trinajstić information content (AvgIpc) is 2.12. The van der Waals surface area contributed by atoms with Crippen molar-refractivity contribution < 1.29 is 9.58 Å². The van der Waals surface area contributed by atoms with E-state index in [9.17, 15) is 4.79 Å². The SMILES string of the molecule is C=C(N)NCCC[C@H](C)C(=O)C=[N+]=[N-]. The first-order valence-electron chi connectivity index (χ1n) is 4.47. The molecule has 0 spiro atoms. The maximum Gasteiger partial charge on any atom is 0.323 e. The number of rotatable bonds is 7. The van der Waals surface area contributed by atoms with Crippen LogP contribution in [0.25, 0.3) is 5.53 Å². The number of carbonyl (C=O) groups excluding carboxylic acids is 1. The Balaban J connectivity index is 3.63. The average molecular weight is 196 g/mol. The molecule has 0 unspecified atom stereocenters. The molecule has 0 aliphatic rings. The fourth-order valence-corrected chi connectivity index (χ4v) is 0.984. The molecule has 0 aromatic heterocycles. The van der Waals surface area contributed by atoms with E-state index in [1.54, 1.807) is 6.92 Å². The zero-order chi connectivity index (χ0) is 11.0. The number of Topliss-reactive ketones (excluding diaryl/α,β-unsaturated/α-hetero) is 1. The zero-order valence-electron chi connectivity index (χ0n) is 8.36. The van der Waals surface area contributed by atoms with Crippen molar-refractivity contribution in [3.05, 3.63) is 17.9 Å². The number of hydrogen-bond donors (Lipinski definition) is 2. The van der Waals surface area contributed by atoms with Gasteiger partial charge in [0.2, 0.25) is 5.78 Å². The highest BCUT2D eigenvalue weighted by atomic mass is 16.1. The molecule has 78 valence electrons. The summed E-state index contributed by atoms with van der Waals surface area (Å²) in [6, 6.07) is 0. The highest BCUT2D eigenvalue weighted by Crippen LogP contribution is 2.04. The van der Waals surface area contributed by atoms with Gasteiger partial charge < -0.3 is 16.6 Å². The first-order chi connectivity index (χ1) is 6.57. The van der Waals surface area contributed by atoms with Gasteiger partial charge in [-0.3, -0.25) is 4.79 Å². The van der Waals surface area contributed by atoms with E-state index in [-0.39, 0.29) is 11.7 Å². The van der Waals surface area contributed by atoms with Crippen molar-refractivity contribution in [3.8, 4) is 0 Å². The molecule has 0 aromatic rings. The third-order valence-electron chi connectivity index (χ3n) is 1.84. The minimum absolute atomic E-state index is 0.126. The summed E-state index contributed by atoms with van der Waals surface area (Å²) >= 11 is 0. The summed E-state index contributed by atoms with van der Waals surface area (Å²) in [6.45, 7) is 5.97. The van der Waals surface area contributed by atoms with Gasteiger partial charge in [-0.15, -0.1) is 0 Å². The Morgan fingerprint density at radius 3 is 2.93 bits per heavy atom. The van der Waals surface area contributed by atoms with Crippen LogP contribution >= 0.6 is 0 Å². The van der Waals surface area contributed by atoms with Crippen LogP contribution in [0.5, 0.6) is 0 Å². The van der Waals surface area contributed by atoms with Crippen molar-refractivity contribution >= 4 is 12.0 Å². The molecule has 0 saturated carbocycles. The van der Waals surface area contributed by atoms with Crippen LogP contribution in [0.4, 0.5) is 0 Å². The van der Waals surface area contributed by atoms with Crippen LogP contribution in [0.3, 0.4) is 0 Å². The molecule has 0 rings (SSSR count). The van der Waals surface area contributed by atoms with Crippen molar-refractivity contribution in [1.82, 2.24) is 5.32 Å². The molecule has 0 amide bonds. The summed E-state index contributed by atoms with van der Waals surface area (Å²) in [7, 11) is 0. The van der Waals surface area contributed by atoms with Gasteiger partial charge in [0.25, 0.3) is 0 Å². The minimum atomic E-state index is -0.168. The van der Waals surface area contributed by atoms with Gasteiger partial charge in [0, 0.05) is 12.5 Å². The van der Waals surface area contributed by atoms with Gasteiger partial charge in [0.05, 0.1) is 5.82 Å². The van der Waals surface area contributed by atoms with Gasteiger partial charge in [-0.25, -0.2) is 0 Å². The predicted molar refractivity (Wildman–Crippen MR) is 54.4 cm³/mol. The van der Waals surface area contributed by atoms with Crippen LogP contribution in [-0.4, -0.2) is 23.3 Å². The van der Waals surface area contributed by atoms with Gasteiger partial charge in [-0.2, -0.15) is 4.79 Å². The Labute approximate surface area is 83.6 Å². The van der Waals surface area contributed by atoms with Crippen molar-refractivity contribution in [2.24, 2.45) is 11.7 Å². The van der Waals surface area contributed by atoms with Crippen LogP contribution in [0, 0.1) is 5.92 Å². The van der Waals surface area contributed by atoms with E-state index in [1.165, 1.54) is 0 Å². The Kier molecular flexibility index (Phi) is 6.07. The Bertz CT molecular complexity index is 256. The molecule has 0 radical (unpaired) electrons. The predicted octanol–water partition coefficient (Wildman–Crippen LogP) is 0.292. The quantitative estimate of drug-likeness (QED) is 0.265. The molecule has 0 aliphatic carbocycles. The maximum atomic E-state index is 11.1. The largest absolute Gasteiger partial charge is 0.386 e. The lowest BCUT2D eigenvalue weighted by Crippen LogP contribution is -2.21. The van der Waals surface area contributed by atoms with E-state index in [0.29, 0.717) is 12.4 Å². The van der Waals surface area contributed by atoms with Gasteiger partial charge in [-0.05, 0) is 12.8 Å². The molecule has 5 heteroatoms. The number of ketones is 1. The third kappa shape index (κ3) is 5.97. The maximum absolute atomic E-state index is 11.1. The van der Waals surface area contributed by atoms with Crippen molar-refractivity contribution in [2.75, 3.05) is 6.54 Å². The van der Waals surface area contributed by atoms with Crippen LogP contribution in [0.15, 0.2) is 12.4 Å². The normalized spacial score (nSPS) is 11.2. The number of nitrogens with zero attached hydrogens (tertiary/aromatic N) is 2. The first kappa shape index (κ1) is 12.4. The van der Waals surface area contributed by atoms with Crippen LogP contribution in [0.1, 0.15) is 19.8 Å². The highest BCUT2D eigenvalue weighted by Gasteiger charge is 2.13. The fourth-order valence-electron chi connectivity index (χ4n) is 0.984. The lowest BCUT2D eigenvalue weighted by Gasteiger charge is -2.06. The van der Waals surface area contributed by atoms with Crippen molar-refractivity contribution in [2.45, 2.75) is 19.8 Å². The van der Waals surface area contributed by atoms with Crippen LogP contribution < -0.4 is 11.1 Å². The Morgan fingerprint density at radius 1 is 1.79 bits per heavy atom. The van der Waals surface area contributed by atoms with Gasteiger partial charge >= 0.3 is 6.21 Å². The number of nitrogens with one attached hydrogen (secondary N) is 1. The van der Waals surface area contributed by atoms with E-state index < -0.39 is 0 Å². The topological polar surface area (TPSA) is 91.5 Å². The Morgan fingerprint density at radius 2 is 2.43 bits per heavy atom. The molecule has 0 bridgehead atoms. The third-order valence-corrected chi connectivity index (χ3v) is 1.84. The molecule has 0 heterocycles. The van der Waals surface area contributed by atoms with Crippen molar-refractivity contribution in [1.29, 1.82) is 0 Å². The second kappa shape index (κ2) is 6.86. The molecule has 0 aromatic carbocycles. The zero-order valence-corrected chi connectivity index (χ0v) is 8.36. The highest BCUT2D eigenvalue weighted by molar-refractivity contribution is 6.26. The summed E-state index contributed by atoms with van der Waals surface area (Å²) < 4.78 is 0. The summed E-state index contributed by atoms with van der Waals surface area (Å²) in [5, 5.41) is 2.86. The molecule has 5 nitrogen and oxygen atoms in total. The standard InChI is InChI=1S/C9H16N4O/c1-7(9(14)6-13-11)4-3-5-12-8(2)10/h6-7,12H,2-5,10H2,1H3/t7-/m0/s1. The summed E-state index contributed by atoms with van der Waals surface area (Å²) in [6.07, 6.45) is 2.48. The molecule has 0 fully saturated rings. The molecular weight excluding hydrogens is 180 g/mol. The van der Waals surface area contributed by atoms with E-state index >= 15 is 0 Å². The number of nitrogens with two attached hydrogens (primary N) is 1. The first-order valence-corrected chi connectivity index (χ1v) is 4.47. The number of hydrogen-bond acceptors (Lipinski definition) is 3. The van der Waals surface area contributed by atoms with Gasteiger partial charge in [0.15, 0.2) is 0 Å². The lowest BCUT2D eigenvalue weighted by molar-refractivity contribution is -0.119.